The number of nitrogens with zero attached hydrogens (tertiary/aromatic N) is 3. The largest absolute Gasteiger partial charge is 0.311 e. The Kier molecular flexibility index (Phi) is 7.13. The van der Waals surface area contributed by atoms with Gasteiger partial charge in [-0.15, -0.1) is 0 Å². The van der Waals surface area contributed by atoms with Crippen molar-refractivity contribution in [2.24, 2.45) is 0 Å². The van der Waals surface area contributed by atoms with Crippen LogP contribution in [0.4, 0.5) is 51.2 Å². The lowest BCUT2D eigenvalue weighted by atomic mass is 9.32. The Morgan fingerprint density at radius 1 is 0.400 bits per heavy atom. The summed E-state index contributed by atoms with van der Waals surface area (Å²) in [5.41, 5.74) is 19.8. The molecule has 3 nitrogen and oxygen atoms in total. The van der Waals surface area contributed by atoms with Gasteiger partial charge < -0.3 is 14.7 Å². The van der Waals surface area contributed by atoms with Gasteiger partial charge in [0.05, 0.1) is 0 Å². The highest BCUT2D eigenvalue weighted by Gasteiger charge is 2.44. The Hall–Kier alpha value is -6.00. The molecule has 2 heterocycles. The Balaban J connectivity index is 1.34. The average Bonchev–Trinajstić information content (AvgIpc) is 3.12. The molecule has 0 amide bonds. The van der Waals surface area contributed by atoms with Crippen molar-refractivity contribution in [2.45, 2.75) is 27.7 Å². The van der Waals surface area contributed by atoms with Crippen LogP contribution in [-0.4, -0.2) is 6.71 Å². The van der Waals surface area contributed by atoms with Gasteiger partial charge >= 0.3 is 0 Å². The van der Waals surface area contributed by atoms with Crippen molar-refractivity contribution in [1.82, 2.24) is 0 Å². The smallest absolute Gasteiger partial charge is 0.252 e. The third-order valence-corrected chi connectivity index (χ3v) is 10.2. The molecule has 0 N–H and O–H groups in total. The summed E-state index contributed by atoms with van der Waals surface area (Å²) in [7, 11) is 0. The first kappa shape index (κ1) is 30.1. The molecule has 4 heteroatoms. The third-order valence-electron chi connectivity index (χ3n) is 10.2. The van der Waals surface area contributed by atoms with Crippen LogP contribution in [0, 0.1) is 27.7 Å². The van der Waals surface area contributed by atoms with Crippen molar-refractivity contribution >= 4 is 74.3 Å². The maximum absolute atomic E-state index is 2.51. The number of anilines is 9. The van der Waals surface area contributed by atoms with Gasteiger partial charge in [-0.05, 0) is 140 Å². The van der Waals surface area contributed by atoms with Crippen LogP contribution in [0.2, 0.25) is 0 Å². The van der Waals surface area contributed by atoms with Gasteiger partial charge in [0.15, 0.2) is 0 Å². The molecule has 2 aliphatic heterocycles. The van der Waals surface area contributed by atoms with Crippen LogP contribution >= 0.6 is 0 Å². The summed E-state index contributed by atoms with van der Waals surface area (Å²) in [6.45, 7) is 8.99. The van der Waals surface area contributed by atoms with E-state index in [1.54, 1.807) is 0 Å². The number of para-hydroxylation sites is 3. The molecule has 0 saturated heterocycles. The van der Waals surface area contributed by atoms with E-state index in [2.05, 4.69) is 200 Å². The molecule has 7 aromatic rings. The first-order valence-corrected chi connectivity index (χ1v) is 17.5. The lowest BCUT2D eigenvalue weighted by Gasteiger charge is -2.45. The summed E-state index contributed by atoms with van der Waals surface area (Å²) in [5.74, 6) is 0. The Morgan fingerprint density at radius 2 is 0.960 bits per heavy atom. The molecule has 240 valence electrons. The zero-order valence-electron chi connectivity index (χ0n) is 28.9. The molecule has 0 unspecified atom stereocenters. The summed E-state index contributed by atoms with van der Waals surface area (Å²) in [6.07, 6.45) is 0. The van der Waals surface area contributed by atoms with Gasteiger partial charge in [0.25, 0.3) is 6.71 Å². The lowest BCUT2D eigenvalue weighted by Crippen LogP contribution is -2.62. The molecule has 0 saturated carbocycles. The lowest BCUT2D eigenvalue weighted by molar-refractivity contribution is 1.22. The maximum atomic E-state index is 2.51. The fraction of sp³-hybridized carbons (Fsp3) is 0.0870. The molecule has 0 spiro atoms. The van der Waals surface area contributed by atoms with E-state index in [4.69, 9.17) is 0 Å². The van der Waals surface area contributed by atoms with Crippen molar-refractivity contribution in [2.75, 3.05) is 14.7 Å². The van der Waals surface area contributed by atoms with Crippen molar-refractivity contribution in [3.05, 3.63) is 180 Å². The monoisotopic (exact) mass is 643 g/mol. The van der Waals surface area contributed by atoms with E-state index in [9.17, 15) is 0 Å². The molecular formula is C46H38BN3. The van der Waals surface area contributed by atoms with Gasteiger partial charge in [-0.2, -0.15) is 0 Å². The molecular weight excluding hydrogens is 605 g/mol. The van der Waals surface area contributed by atoms with Crippen LogP contribution in [0.25, 0.3) is 0 Å². The van der Waals surface area contributed by atoms with Crippen LogP contribution in [0.15, 0.2) is 158 Å². The first-order chi connectivity index (χ1) is 24.5. The van der Waals surface area contributed by atoms with E-state index < -0.39 is 0 Å². The summed E-state index contributed by atoms with van der Waals surface area (Å²) in [5, 5.41) is 0. The van der Waals surface area contributed by atoms with Crippen LogP contribution < -0.4 is 31.1 Å². The molecule has 0 radical (unpaired) electrons. The van der Waals surface area contributed by atoms with Gasteiger partial charge in [0.2, 0.25) is 0 Å². The van der Waals surface area contributed by atoms with Crippen LogP contribution in [0.3, 0.4) is 0 Å². The molecule has 2 aliphatic rings. The fourth-order valence-corrected chi connectivity index (χ4v) is 8.38. The van der Waals surface area contributed by atoms with Gasteiger partial charge in [-0.25, -0.2) is 0 Å². The van der Waals surface area contributed by atoms with Crippen LogP contribution in [0.5, 0.6) is 0 Å². The van der Waals surface area contributed by atoms with E-state index >= 15 is 0 Å². The molecule has 0 aliphatic carbocycles. The zero-order valence-corrected chi connectivity index (χ0v) is 28.9. The average molecular weight is 644 g/mol. The van der Waals surface area contributed by atoms with Crippen molar-refractivity contribution in [3.8, 4) is 0 Å². The SMILES string of the molecule is Cc1cc(C)cc(N2c3cc(C)cc(C)c3B3c4ccc(N(c5ccccc5)c5ccccc5)cc4N(c4ccccc4)c4cccc2c43)c1. The standard InChI is InChI=1S/C46H38BN3/c1-31-25-32(2)28-39(27-31)50-42-22-14-21-41-46(42)47(45-34(4)26-33(3)29-44(45)50)40-24-23-38(30-43(40)49(41)37-19-12-7-13-20-37)48(35-15-8-5-9-16-35)36-17-10-6-11-18-36/h5-30H,1-4H3. The van der Waals surface area contributed by atoms with E-state index in [1.165, 1.54) is 67.1 Å². The second-order valence-electron chi connectivity index (χ2n) is 13.8. The van der Waals surface area contributed by atoms with Gasteiger partial charge in [0, 0.05) is 51.2 Å². The van der Waals surface area contributed by atoms with E-state index in [-0.39, 0.29) is 6.71 Å². The van der Waals surface area contributed by atoms with E-state index in [0.29, 0.717) is 0 Å². The van der Waals surface area contributed by atoms with Crippen LogP contribution in [-0.2, 0) is 0 Å². The topological polar surface area (TPSA) is 9.72 Å². The predicted molar refractivity (Wildman–Crippen MR) is 214 cm³/mol. The van der Waals surface area contributed by atoms with E-state index in [1.807, 2.05) is 0 Å². The Bertz CT molecular complexity index is 2330. The molecule has 50 heavy (non-hydrogen) atoms. The Morgan fingerprint density at radius 3 is 1.58 bits per heavy atom. The number of benzene rings is 7. The molecule has 0 fully saturated rings. The molecule has 0 aromatic heterocycles. The maximum Gasteiger partial charge on any atom is 0.252 e. The minimum Gasteiger partial charge on any atom is -0.311 e. The highest BCUT2D eigenvalue weighted by atomic mass is 15.2. The number of hydrogen-bond donors (Lipinski definition) is 0. The summed E-state index contributed by atoms with van der Waals surface area (Å²) < 4.78 is 0. The summed E-state index contributed by atoms with van der Waals surface area (Å²) in [4.78, 5) is 7.36. The van der Waals surface area contributed by atoms with Gasteiger partial charge in [-0.3, -0.25) is 0 Å². The van der Waals surface area contributed by atoms with Crippen LogP contribution in [0.1, 0.15) is 22.3 Å². The van der Waals surface area contributed by atoms with Crippen molar-refractivity contribution in [3.63, 3.8) is 0 Å². The number of rotatable bonds is 5. The van der Waals surface area contributed by atoms with Gasteiger partial charge in [-0.1, -0.05) is 84.4 Å². The summed E-state index contributed by atoms with van der Waals surface area (Å²) in [6, 6.07) is 57.9. The Labute approximate surface area is 295 Å². The molecule has 7 aromatic carbocycles. The second kappa shape index (κ2) is 11.9. The third kappa shape index (κ3) is 4.82. The highest BCUT2D eigenvalue weighted by molar-refractivity contribution is 7.00. The second-order valence-corrected chi connectivity index (χ2v) is 13.8. The molecule has 0 atom stereocenters. The number of hydrogen-bond acceptors (Lipinski definition) is 3. The quantitative estimate of drug-likeness (QED) is 0.173. The van der Waals surface area contributed by atoms with E-state index in [0.717, 1.165) is 22.7 Å². The molecule has 0 bridgehead atoms. The van der Waals surface area contributed by atoms with Crippen molar-refractivity contribution in [1.29, 1.82) is 0 Å². The fourth-order valence-electron chi connectivity index (χ4n) is 8.38. The first-order valence-electron chi connectivity index (χ1n) is 17.5. The van der Waals surface area contributed by atoms with Crippen molar-refractivity contribution < 1.29 is 0 Å². The zero-order chi connectivity index (χ0) is 33.9. The van der Waals surface area contributed by atoms with Gasteiger partial charge in [0.1, 0.15) is 0 Å². The molecule has 9 rings (SSSR count). The normalized spacial score (nSPS) is 12.7. The predicted octanol–water partition coefficient (Wildman–Crippen LogP) is 10.5. The minimum absolute atomic E-state index is 0.0740. The minimum atomic E-state index is 0.0740. The number of fused-ring (bicyclic) bond motifs is 4. The summed E-state index contributed by atoms with van der Waals surface area (Å²) >= 11 is 0. The number of aryl methyl sites for hydroxylation is 4. The highest BCUT2D eigenvalue weighted by Crippen LogP contribution is 2.46.